The van der Waals surface area contributed by atoms with Crippen LogP contribution in [0.15, 0.2) is 84.0 Å². The SMILES string of the molecule is C=CCN(CC(=O)Nc1ccc(N2CCN(C(=O)c3ccc(C)cc3)CC2)cc1)C(=O)c1ccco1. The lowest BCUT2D eigenvalue weighted by atomic mass is 10.1. The van der Waals surface area contributed by atoms with Crippen molar-refractivity contribution in [3.8, 4) is 0 Å². The summed E-state index contributed by atoms with van der Waals surface area (Å²) in [4.78, 5) is 43.3. The van der Waals surface area contributed by atoms with Crippen LogP contribution in [0.5, 0.6) is 0 Å². The fraction of sp³-hybridized carbons (Fsp3) is 0.250. The zero-order valence-electron chi connectivity index (χ0n) is 20.4. The second-order valence-corrected chi connectivity index (χ2v) is 8.69. The van der Waals surface area contributed by atoms with Gasteiger partial charge in [-0.3, -0.25) is 14.4 Å². The summed E-state index contributed by atoms with van der Waals surface area (Å²) in [6, 6.07) is 18.4. The van der Waals surface area contributed by atoms with Crippen molar-refractivity contribution >= 4 is 29.1 Å². The van der Waals surface area contributed by atoms with Crippen molar-refractivity contribution in [3.63, 3.8) is 0 Å². The molecule has 0 atom stereocenters. The van der Waals surface area contributed by atoms with Gasteiger partial charge in [-0.1, -0.05) is 23.8 Å². The molecule has 0 spiro atoms. The van der Waals surface area contributed by atoms with Gasteiger partial charge in [-0.15, -0.1) is 6.58 Å². The molecule has 0 radical (unpaired) electrons. The summed E-state index contributed by atoms with van der Waals surface area (Å²) < 4.78 is 5.16. The Hall–Kier alpha value is -4.33. The van der Waals surface area contributed by atoms with Crippen LogP contribution in [0.25, 0.3) is 0 Å². The summed E-state index contributed by atoms with van der Waals surface area (Å²) in [6.45, 7) is 8.53. The normalized spacial score (nSPS) is 13.2. The lowest BCUT2D eigenvalue weighted by Crippen LogP contribution is -2.48. The number of nitrogens with one attached hydrogen (secondary N) is 1. The maximum Gasteiger partial charge on any atom is 0.290 e. The molecule has 0 bridgehead atoms. The van der Waals surface area contributed by atoms with Crippen molar-refractivity contribution in [2.24, 2.45) is 0 Å². The molecule has 1 aliphatic heterocycles. The molecule has 3 amide bonds. The number of hydrogen-bond acceptors (Lipinski definition) is 5. The molecule has 2 heterocycles. The molecule has 0 unspecified atom stereocenters. The van der Waals surface area contributed by atoms with Crippen molar-refractivity contribution in [1.82, 2.24) is 9.80 Å². The number of carbonyl (C=O) groups is 3. The first-order chi connectivity index (χ1) is 17.4. The van der Waals surface area contributed by atoms with Crippen molar-refractivity contribution in [2.45, 2.75) is 6.92 Å². The standard InChI is InChI=1S/C28H30N4O4/c1-3-14-32(28(35)25-5-4-19-36-25)20-26(33)29-23-10-12-24(13-11-23)30-15-17-31(18-16-30)27(34)22-8-6-21(2)7-9-22/h3-13,19H,1,14-18,20H2,2H3,(H,29,33). The van der Waals surface area contributed by atoms with Crippen LogP contribution < -0.4 is 10.2 Å². The van der Waals surface area contributed by atoms with Crippen LogP contribution in [0.4, 0.5) is 11.4 Å². The van der Waals surface area contributed by atoms with Gasteiger partial charge in [-0.2, -0.15) is 0 Å². The Kier molecular flexibility index (Phi) is 7.85. The van der Waals surface area contributed by atoms with Crippen molar-refractivity contribution in [3.05, 3.63) is 96.5 Å². The Labute approximate surface area is 210 Å². The highest BCUT2D eigenvalue weighted by atomic mass is 16.3. The highest BCUT2D eigenvalue weighted by molar-refractivity contribution is 5.98. The van der Waals surface area contributed by atoms with E-state index < -0.39 is 0 Å². The Balaban J connectivity index is 1.29. The first-order valence-corrected chi connectivity index (χ1v) is 11.9. The van der Waals surface area contributed by atoms with Crippen LogP contribution in [0.3, 0.4) is 0 Å². The number of piperazine rings is 1. The molecule has 1 aliphatic rings. The predicted molar refractivity (Wildman–Crippen MR) is 139 cm³/mol. The highest BCUT2D eigenvalue weighted by Crippen LogP contribution is 2.20. The van der Waals surface area contributed by atoms with Crippen LogP contribution in [0.1, 0.15) is 26.5 Å². The first kappa shape index (κ1) is 24.8. The van der Waals surface area contributed by atoms with Crippen LogP contribution in [-0.2, 0) is 4.79 Å². The molecule has 36 heavy (non-hydrogen) atoms. The lowest BCUT2D eigenvalue weighted by Gasteiger charge is -2.36. The average Bonchev–Trinajstić information content (AvgIpc) is 3.44. The number of benzene rings is 2. The minimum atomic E-state index is -0.370. The van der Waals surface area contributed by atoms with E-state index in [-0.39, 0.29) is 36.6 Å². The molecule has 4 rings (SSSR count). The summed E-state index contributed by atoms with van der Waals surface area (Å²) in [7, 11) is 0. The average molecular weight is 487 g/mol. The molecule has 0 saturated carbocycles. The van der Waals surface area contributed by atoms with Gasteiger partial charge in [0.15, 0.2) is 5.76 Å². The maximum absolute atomic E-state index is 12.8. The molecule has 8 heteroatoms. The molecule has 1 aromatic heterocycles. The minimum absolute atomic E-state index is 0.0590. The number of amides is 3. The Morgan fingerprint density at radius 1 is 1.00 bits per heavy atom. The number of anilines is 2. The van der Waals surface area contributed by atoms with E-state index in [9.17, 15) is 14.4 Å². The van der Waals surface area contributed by atoms with Gasteiger partial charge < -0.3 is 24.4 Å². The van der Waals surface area contributed by atoms with Gasteiger partial charge in [0.05, 0.1) is 6.26 Å². The zero-order chi connectivity index (χ0) is 25.5. The number of aryl methyl sites for hydroxylation is 1. The van der Waals surface area contributed by atoms with E-state index in [1.165, 1.54) is 11.2 Å². The second kappa shape index (κ2) is 11.4. The van der Waals surface area contributed by atoms with Gasteiger partial charge in [-0.25, -0.2) is 0 Å². The Morgan fingerprint density at radius 3 is 2.31 bits per heavy atom. The number of hydrogen-bond donors (Lipinski definition) is 1. The Bertz CT molecular complexity index is 1200. The topological polar surface area (TPSA) is 86.1 Å². The number of carbonyl (C=O) groups excluding carboxylic acids is 3. The van der Waals surface area contributed by atoms with Gasteiger partial charge in [0.2, 0.25) is 5.91 Å². The van der Waals surface area contributed by atoms with Gasteiger partial charge >= 0.3 is 0 Å². The molecule has 186 valence electrons. The summed E-state index contributed by atoms with van der Waals surface area (Å²) >= 11 is 0. The summed E-state index contributed by atoms with van der Waals surface area (Å²) in [5.74, 6) is -0.448. The molecular weight excluding hydrogens is 456 g/mol. The fourth-order valence-corrected chi connectivity index (χ4v) is 4.11. The Morgan fingerprint density at radius 2 is 1.69 bits per heavy atom. The van der Waals surface area contributed by atoms with Crippen molar-refractivity contribution in [2.75, 3.05) is 49.5 Å². The summed E-state index contributed by atoms with van der Waals surface area (Å²) in [5.41, 5.74) is 3.51. The van der Waals surface area contributed by atoms with Crippen LogP contribution >= 0.6 is 0 Å². The molecule has 0 aliphatic carbocycles. The monoisotopic (exact) mass is 486 g/mol. The molecule has 2 aromatic carbocycles. The van der Waals surface area contributed by atoms with Crippen LogP contribution in [0, 0.1) is 6.92 Å². The van der Waals surface area contributed by atoms with E-state index in [1.54, 1.807) is 18.2 Å². The number of nitrogens with zero attached hydrogens (tertiary/aromatic N) is 3. The van der Waals surface area contributed by atoms with Crippen molar-refractivity contribution < 1.29 is 18.8 Å². The summed E-state index contributed by atoms with van der Waals surface area (Å²) in [5, 5.41) is 2.84. The highest BCUT2D eigenvalue weighted by Gasteiger charge is 2.23. The van der Waals surface area contributed by atoms with Crippen LogP contribution in [-0.4, -0.2) is 66.8 Å². The third-order valence-electron chi connectivity index (χ3n) is 6.08. The molecule has 1 fully saturated rings. The molecule has 8 nitrogen and oxygen atoms in total. The van der Waals surface area contributed by atoms with Gasteiger partial charge in [0.1, 0.15) is 6.54 Å². The summed E-state index contributed by atoms with van der Waals surface area (Å²) in [6.07, 6.45) is 2.99. The lowest BCUT2D eigenvalue weighted by molar-refractivity contribution is -0.116. The fourth-order valence-electron chi connectivity index (χ4n) is 4.11. The third kappa shape index (κ3) is 6.02. The smallest absolute Gasteiger partial charge is 0.290 e. The van der Waals surface area contributed by atoms with Crippen molar-refractivity contribution in [1.29, 1.82) is 0 Å². The molecule has 1 N–H and O–H groups in total. The van der Waals surface area contributed by atoms with E-state index in [4.69, 9.17) is 4.42 Å². The van der Waals surface area contributed by atoms with Gasteiger partial charge in [0, 0.05) is 49.7 Å². The minimum Gasteiger partial charge on any atom is -0.459 e. The maximum atomic E-state index is 12.8. The molecule has 3 aromatic rings. The third-order valence-corrected chi connectivity index (χ3v) is 6.08. The van der Waals surface area contributed by atoms with E-state index in [1.807, 2.05) is 60.4 Å². The predicted octanol–water partition coefficient (Wildman–Crippen LogP) is 3.82. The molecule has 1 saturated heterocycles. The van der Waals surface area contributed by atoms with Gasteiger partial charge in [0.25, 0.3) is 11.8 Å². The quantitative estimate of drug-likeness (QED) is 0.490. The van der Waals surface area contributed by atoms with E-state index in [0.717, 1.165) is 24.3 Å². The first-order valence-electron chi connectivity index (χ1n) is 11.9. The van der Waals surface area contributed by atoms with E-state index >= 15 is 0 Å². The zero-order valence-corrected chi connectivity index (χ0v) is 20.4. The van der Waals surface area contributed by atoms with E-state index in [0.29, 0.717) is 24.3 Å². The second-order valence-electron chi connectivity index (χ2n) is 8.69. The largest absolute Gasteiger partial charge is 0.459 e. The van der Waals surface area contributed by atoms with Crippen LogP contribution in [0.2, 0.25) is 0 Å². The number of rotatable bonds is 8. The van der Waals surface area contributed by atoms with E-state index in [2.05, 4.69) is 16.8 Å². The molecular formula is C28H30N4O4. The number of furan rings is 1. The van der Waals surface area contributed by atoms with Gasteiger partial charge in [-0.05, 0) is 55.5 Å².